The van der Waals surface area contributed by atoms with Gasteiger partial charge in [0.05, 0.1) is 16.1 Å². The van der Waals surface area contributed by atoms with E-state index in [1.54, 1.807) is 12.2 Å². The number of nitrogens with two attached hydrogens (primary N) is 1. The standard InChI is InChI=1S/C16H18Cl2FN3O/c1-9(11-5-14(19)13(18)6-12(11)17)21-7-15(23)22-16(2,8-20)10-3-4-10/h5-6,9-10,21H,3-4,7H2,1-2H3,(H,22,23)/p+1/t9-,16-/m1/s1. The van der Waals surface area contributed by atoms with Crippen LogP contribution in [0, 0.1) is 23.1 Å². The summed E-state index contributed by atoms with van der Waals surface area (Å²) < 4.78 is 13.6. The van der Waals surface area contributed by atoms with Crippen LogP contribution in [0.15, 0.2) is 12.1 Å². The quantitative estimate of drug-likeness (QED) is 0.767. The SMILES string of the molecule is C[C@@H]([NH2+]CC(=O)N[C@](C)(C#N)C1CC1)c1cc(F)c(Cl)cc1Cl. The first kappa shape index (κ1) is 18.0. The van der Waals surface area contributed by atoms with Crippen molar-refractivity contribution in [3.05, 3.63) is 33.6 Å². The van der Waals surface area contributed by atoms with Gasteiger partial charge in [-0.2, -0.15) is 5.26 Å². The number of carbonyl (C=O) groups excluding carboxylic acids is 1. The highest BCUT2D eigenvalue weighted by Crippen LogP contribution is 2.39. The molecule has 4 nitrogen and oxygen atoms in total. The fourth-order valence-corrected chi connectivity index (χ4v) is 3.08. The minimum absolute atomic E-state index is 0.0297. The number of rotatable bonds is 6. The highest BCUT2D eigenvalue weighted by Gasteiger charge is 2.43. The number of quaternary nitrogens is 1. The van der Waals surface area contributed by atoms with Gasteiger partial charge in [-0.25, -0.2) is 4.39 Å². The van der Waals surface area contributed by atoms with Crippen molar-refractivity contribution < 1.29 is 14.5 Å². The van der Waals surface area contributed by atoms with Gasteiger partial charge in [-0.3, -0.25) is 4.79 Å². The van der Waals surface area contributed by atoms with Gasteiger partial charge in [0.25, 0.3) is 5.91 Å². The fraction of sp³-hybridized carbons (Fsp3) is 0.500. The molecule has 7 heteroatoms. The van der Waals surface area contributed by atoms with Crippen LogP contribution in [0.25, 0.3) is 0 Å². The lowest BCUT2D eigenvalue weighted by Gasteiger charge is -2.22. The monoisotopic (exact) mass is 358 g/mol. The van der Waals surface area contributed by atoms with E-state index < -0.39 is 11.4 Å². The van der Waals surface area contributed by atoms with Gasteiger partial charge in [0.2, 0.25) is 0 Å². The molecular formula is C16H19Cl2FN3O+. The first-order valence-corrected chi connectivity index (χ1v) is 8.22. The van der Waals surface area contributed by atoms with E-state index in [9.17, 15) is 14.4 Å². The normalized spacial score (nSPS) is 17.9. The number of amides is 1. The maximum Gasteiger partial charge on any atom is 0.276 e. The van der Waals surface area contributed by atoms with E-state index in [-0.39, 0.29) is 29.4 Å². The first-order chi connectivity index (χ1) is 10.8. The second-order valence-electron chi connectivity index (χ2n) is 6.15. The molecule has 0 unspecified atom stereocenters. The molecule has 2 rings (SSSR count). The third-order valence-corrected chi connectivity index (χ3v) is 4.83. The molecule has 0 aromatic heterocycles. The number of hydrogen-bond acceptors (Lipinski definition) is 2. The van der Waals surface area contributed by atoms with Gasteiger partial charge >= 0.3 is 0 Å². The zero-order valence-corrected chi connectivity index (χ0v) is 14.5. The maximum absolute atomic E-state index is 13.6. The second kappa shape index (κ2) is 7.04. The van der Waals surface area contributed by atoms with Crippen LogP contribution in [-0.4, -0.2) is 18.0 Å². The van der Waals surface area contributed by atoms with E-state index >= 15 is 0 Å². The van der Waals surface area contributed by atoms with E-state index in [0.29, 0.717) is 10.6 Å². The zero-order valence-electron chi connectivity index (χ0n) is 13.0. The van der Waals surface area contributed by atoms with Crippen LogP contribution in [0.1, 0.15) is 38.3 Å². The molecule has 2 atom stereocenters. The molecule has 3 N–H and O–H groups in total. The van der Waals surface area contributed by atoms with Crippen molar-refractivity contribution in [1.82, 2.24) is 5.32 Å². The van der Waals surface area contributed by atoms with Crippen LogP contribution >= 0.6 is 23.2 Å². The lowest BCUT2D eigenvalue weighted by Crippen LogP contribution is -2.87. The van der Waals surface area contributed by atoms with Crippen molar-refractivity contribution >= 4 is 29.1 Å². The summed E-state index contributed by atoms with van der Waals surface area (Å²) in [4.78, 5) is 12.1. The Morgan fingerprint density at radius 3 is 2.74 bits per heavy atom. The number of nitriles is 1. The van der Waals surface area contributed by atoms with Crippen LogP contribution < -0.4 is 10.6 Å². The Hall–Kier alpha value is -1.35. The Morgan fingerprint density at radius 2 is 2.17 bits per heavy atom. The molecule has 124 valence electrons. The summed E-state index contributed by atoms with van der Waals surface area (Å²) in [5.74, 6) is -0.534. The van der Waals surface area contributed by atoms with Gasteiger partial charge in [-0.05, 0) is 44.7 Å². The summed E-state index contributed by atoms with van der Waals surface area (Å²) in [7, 11) is 0. The number of hydrogen-bond donors (Lipinski definition) is 2. The number of nitrogens with one attached hydrogen (secondary N) is 1. The summed E-state index contributed by atoms with van der Waals surface area (Å²) in [5.41, 5.74) is -0.232. The van der Waals surface area contributed by atoms with Gasteiger partial charge in [-0.1, -0.05) is 23.2 Å². The topological polar surface area (TPSA) is 69.5 Å². The summed E-state index contributed by atoms with van der Waals surface area (Å²) in [6.45, 7) is 3.70. The molecule has 0 spiro atoms. The number of nitrogens with zero attached hydrogens (tertiary/aromatic N) is 1. The van der Waals surface area contributed by atoms with Crippen LogP contribution in [0.4, 0.5) is 4.39 Å². The van der Waals surface area contributed by atoms with E-state index in [4.69, 9.17) is 23.2 Å². The summed E-state index contributed by atoms with van der Waals surface area (Å²) >= 11 is 11.8. The smallest absolute Gasteiger partial charge is 0.276 e. The lowest BCUT2D eigenvalue weighted by atomic mass is 9.98. The largest absolute Gasteiger partial charge is 0.333 e. The van der Waals surface area contributed by atoms with E-state index in [1.807, 2.05) is 6.92 Å². The average molecular weight is 359 g/mol. The number of benzene rings is 1. The van der Waals surface area contributed by atoms with Gasteiger partial charge in [0.15, 0.2) is 6.54 Å². The molecule has 0 saturated heterocycles. The fourth-order valence-electron chi connectivity index (χ4n) is 2.52. The summed E-state index contributed by atoms with van der Waals surface area (Å²) in [6.07, 6.45) is 1.92. The Morgan fingerprint density at radius 1 is 1.52 bits per heavy atom. The highest BCUT2D eigenvalue weighted by atomic mass is 35.5. The average Bonchev–Trinajstić information content (AvgIpc) is 3.33. The molecule has 1 saturated carbocycles. The van der Waals surface area contributed by atoms with Crippen molar-refractivity contribution in [2.45, 2.75) is 38.3 Å². The number of halogens is 3. The molecule has 1 aromatic rings. The van der Waals surface area contributed by atoms with Gasteiger partial charge in [0, 0.05) is 5.56 Å². The Kier molecular flexibility index (Phi) is 5.51. The first-order valence-electron chi connectivity index (χ1n) is 7.47. The molecule has 0 bridgehead atoms. The Balaban J connectivity index is 1.94. The molecule has 1 aliphatic carbocycles. The number of carbonyl (C=O) groups is 1. The zero-order chi connectivity index (χ0) is 17.2. The van der Waals surface area contributed by atoms with Crippen LogP contribution in [-0.2, 0) is 4.79 Å². The van der Waals surface area contributed by atoms with E-state index in [1.165, 1.54) is 12.1 Å². The minimum Gasteiger partial charge on any atom is -0.333 e. The van der Waals surface area contributed by atoms with Crippen molar-refractivity contribution in [3.63, 3.8) is 0 Å². The van der Waals surface area contributed by atoms with Crippen LogP contribution in [0.3, 0.4) is 0 Å². The lowest BCUT2D eigenvalue weighted by molar-refractivity contribution is -0.682. The molecule has 0 aliphatic heterocycles. The highest BCUT2D eigenvalue weighted by molar-refractivity contribution is 6.35. The molecular weight excluding hydrogens is 340 g/mol. The minimum atomic E-state index is -0.807. The van der Waals surface area contributed by atoms with Gasteiger partial charge in [0.1, 0.15) is 17.4 Å². The van der Waals surface area contributed by atoms with Crippen molar-refractivity contribution in [2.75, 3.05) is 6.54 Å². The van der Waals surface area contributed by atoms with E-state index in [2.05, 4.69) is 11.4 Å². The maximum atomic E-state index is 13.6. The van der Waals surface area contributed by atoms with Crippen molar-refractivity contribution in [2.24, 2.45) is 5.92 Å². The predicted molar refractivity (Wildman–Crippen MR) is 86.5 cm³/mol. The molecule has 1 amide bonds. The molecule has 1 fully saturated rings. The van der Waals surface area contributed by atoms with Crippen molar-refractivity contribution in [1.29, 1.82) is 5.26 Å². The summed E-state index contributed by atoms with van der Waals surface area (Å²) in [5, 5.41) is 14.1. The Bertz CT molecular complexity index is 657. The second-order valence-corrected chi connectivity index (χ2v) is 6.97. The molecule has 0 radical (unpaired) electrons. The van der Waals surface area contributed by atoms with Crippen LogP contribution in [0.5, 0.6) is 0 Å². The molecule has 0 heterocycles. The molecule has 1 aromatic carbocycles. The van der Waals surface area contributed by atoms with E-state index in [0.717, 1.165) is 12.8 Å². The summed E-state index contributed by atoms with van der Waals surface area (Å²) in [6, 6.07) is 4.61. The molecule has 23 heavy (non-hydrogen) atoms. The Labute approximate surface area is 145 Å². The third-order valence-electron chi connectivity index (χ3n) is 4.21. The van der Waals surface area contributed by atoms with Crippen molar-refractivity contribution in [3.8, 4) is 6.07 Å². The molecule has 1 aliphatic rings. The predicted octanol–water partition coefficient (Wildman–Crippen LogP) is 2.57. The van der Waals surface area contributed by atoms with Crippen LogP contribution in [0.2, 0.25) is 10.0 Å². The van der Waals surface area contributed by atoms with Gasteiger partial charge in [-0.15, -0.1) is 0 Å². The third kappa shape index (κ3) is 4.35. The van der Waals surface area contributed by atoms with Gasteiger partial charge < -0.3 is 10.6 Å².